The first-order valence-electron chi connectivity index (χ1n) is 5.25. The Hall–Kier alpha value is -0.690. The van der Waals surface area contributed by atoms with Crippen LogP contribution in [0.4, 0.5) is 0 Å². The quantitative estimate of drug-likeness (QED) is 0.561. The first kappa shape index (κ1) is 13.4. The van der Waals surface area contributed by atoms with Gasteiger partial charge in [-0.05, 0) is 6.92 Å². The molecule has 0 aromatic rings. The molecule has 1 rings (SSSR count). The molecule has 1 aliphatic rings. The van der Waals surface area contributed by atoms with Crippen molar-refractivity contribution in [2.24, 2.45) is 0 Å². The second-order valence-corrected chi connectivity index (χ2v) is 3.98. The fourth-order valence-corrected chi connectivity index (χ4v) is 2.02. The van der Waals surface area contributed by atoms with E-state index in [1.165, 1.54) is 14.0 Å². The molecule has 0 aromatic heterocycles. The number of hydrogen-bond acceptors (Lipinski definition) is 5. The van der Waals surface area contributed by atoms with E-state index in [1.54, 1.807) is 6.92 Å². The van der Waals surface area contributed by atoms with Crippen LogP contribution in [0.25, 0.3) is 0 Å². The van der Waals surface area contributed by atoms with Gasteiger partial charge in [0.1, 0.15) is 18.3 Å². The molecule has 1 aliphatic heterocycles. The van der Waals surface area contributed by atoms with Gasteiger partial charge in [0.05, 0.1) is 18.8 Å². The third-order valence-corrected chi connectivity index (χ3v) is 2.79. The lowest BCUT2D eigenvalue weighted by Crippen LogP contribution is -2.63. The summed E-state index contributed by atoms with van der Waals surface area (Å²) in [6.07, 6.45) is -2.48. The summed E-state index contributed by atoms with van der Waals surface area (Å²) in [6, 6.07) is -0.523. The normalized spacial score (nSPS) is 39.4. The second kappa shape index (κ2) is 5.58. The lowest BCUT2D eigenvalue weighted by atomic mass is 9.93. The second-order valence-electron chi connectivity index (χ2n) is 3.98. The maximum Gasteiger partial charge on any atom is 0.217 e. The molecule has 1 fully saturated rings. The minimum Gasteiger partial charge on any atom is -0.394 e. The Balaban J connectivity index is 2.76. The van der Waals surface area contributed by atoms with E-state index in [0.717, 1.165) is 0 Å². The van der Waals surface area contributed by atoms with Gasteiger partial charge in [0.15, 0.2) is 0 Å². The lowest BCUT2D eigenvalue weighted by molar-refractivity contribution is -0.199. The largest absolute Gasteiger partial charge is 0.394 e. The Morgan fingerprint density at radius 2 is 2.19 bits per heavy atom. The average molecular weight is 233 g/mol. The number of hydrogen-bond donors (Lipinski definition) is 3. The van der Waals surface area contributed by atoms with Crippen LogP contribution in [0.5, 0.6) is 0 Å². The molecule has 0 saturated carbocycles. The van der Waals surface area contributed by atoms with Crippen molar-refractivity contribution >= 4 is 5.91 Å². The van der Waals surface area contributed by atoms with E-state index in [0.29, 0.717) is 0 Å². The van der Waals surface area contributed by atoms with E-state index in [-0.39, 0.29) is 18.6 Å². The fraction of sp³-hybridized carbons (Fsp3) is 0.900. The Labute approximate surface area is 94.5 Å². The Morgan fingerprint density at radius 3 is 2.62 bits per heavy atom. The molecule has 1 heterocycles. The highest BCUT2D eigenvalue weighted by atomic mass is 16.6. The van der Waals surface area contributed by atoms with Crippen LogP contribution in [-0.4, -0.2) is 60.3 Å². The minimum absolute atomic E-state index is 0.229. The van der Waals surface area contributed by atoms with E-state index in [9.17, 15) is 9.90 Å². The van der Waals surface area contributed by atoms with Gasteiger partial charge < -0.3 is 25.0 Å². The van der Waals surface area contributed by atoms with Crippen LogP contribution in [0.2, 0.25) is 0 Å². The summed E-state index contributed by atoms with van der Waals surface area (Å²) in [7, 11) is 1.43. The topological polar surface area (TPSA) is 88.0 Å². The van der Waals surface area contributed by atoms with Crippen LogP contribution in [0, 0.1) is 0 Å². The molecule has 6 heteroatoms. The minimum atomic E-state index is -0.894. The molecular weight excluding hydrogens is 214 g/mol. The third kappa shape index (κ3) is 2.70. The molecule has 0 aromatic carbocycles. The van der Waals surface area contributed by atoms with E-state index in [2.05, 4.69) is 5.32 Å². The SMILES string of the molecule is COC1C(CO)OC(C)C(NC(C)=O)C1O. The third-order valence-electron chi connectivity index (χ3n) is 2.79. The highest BCUT2D eigenvalue weighted by Crippen LogP contribution is 2.22. The van der Waals surface area contributed by atoms with Crippen LogP contribution in [0.3, 0.4) is 0 Å². The molecule has 1 saturated heterocycles. The summed E-state index contributed by atoms with van der Waals surface area (Å²) in [5.74, 6) is -0.239. The number of aliphatic hydroxyl groups is 2. The summed E-state index contributed by atoms with van der Waals surface area (Å²) in [6.45, 7) is 2.88. The van der Waals surface area contributed by atoms with Crippen LogP contribution >= 0.6 is 0 Å². The molecular formula is C10H19NO5. The van der Waals surface area contributed by atoms with Crippen LogP contribution in [0.15, 0.2) is 0 Å². The summed E-state index contributed by atoms with van der Waals surface area (Å²) in [5.41, 5.74) is 0. The van der Waals surface area contributed by atoms with Crippen molar-refractivity contribution in [3.05, 3.63) is 0 Å². The smallest absolute Gasteiger partial charge is 0.217 e. The van der Waals surface area contributed by atoms with Gasteiger partial charge in [-0.2, -0.15) is 0 Å². The molecule has 16 heavy (non-hydrogen) atoms. The van der Waals surface area contributed by atoms with Gasteiger partial charge in [0, 0.05) is 14.0 Å². The van der Waals surface area contributed by atoms with Crippen molar-refractivity contribution in [1.29, 1.82) is 0 Å². The van der Waals surface area contributed by atoms with E-state index < -0.39 is 24.4 Å². The maximum atomic E-state index is 11.0. The number of aliphatic hydroxyl groups excluding tert-OH is 2. The molecule has 0 radical (unpaired) electrons. The zero-order valence-electron chi connectivity index (χ0n) is 9.71. The average Bonchev–Trinajstić information content (AvgIpc) is 2.23. The van der Waals surface area contributed by atoms with Crippen LogP contribution in [-0.2, 0) is 14.3 Å². The molecule has 5 unspecified atom stereocenters. The van der Waals surface area contributed by atoms with Gasteiger partial charge in [-0.15, -0.1) is 0 Å². The number of methoxy groups -OCH3 is 1. The lowest BCUT2D eigenvalue weighted by Gasteiger charge is -2.42. The molecule has 6 nitrogen and oxygen atoms in total. The predicted molar refractivity (Wildman–Crippen MR) is 55.8 cm³/mol. The Bertz CT molecular complexity index is 247. The highest BCUT2D eigenvalue weighted by Gasteiger charge is 2.43. The van der Waals surface area contributed by atoms with Gasteiger partial charge in [-0.3, -0.25) is 4.79 Å². The number of nitrogens with one attached hydrogen (secondary N) is 1. The van der Waals surface area contributed by atoms with Gasteiger partial charge >= 0.3 is 0 Å². The zero-order valence-corrected chi connectivity index (χ0v) is 9.71. The van der Waals surface area contributed by atoms with Crippen molar-refractivity contribution in [3.8, 4) is 0 Å². The molecule has 0 aliphatic carbocycles. The summed E-state index contributed by atoms with van der Waals surface area (Å²) < 4.78 is 10.6. The molecule has 0 bridgehead atoms. The Kier molecular flexibility index (Phi) is 4.67. The van der Waals surface area contributed by atoms with Crippen molar-refractivity contribution < 1.29 is 24.5 Å². The number of carbonyl (C=O) groups is 1. The molecule has 3 N–H and O–H groups in total. The number of rotatable bonds is 3. The first-order chi connectivity index (χ1) is 7.51. The first-order valence-corrected chi connectivity index (χ1v) is 5.25. The summed E-state index contributed by atoms with van der Waals surface area (Å²) in [5, 5.41) is 21.7. The van der Waals surface area contributed by atoms with Gasteiger partial charge in [-0.25, -0.2) is 0 Å². The number of amides is 1. The van der Waals surface area contributed by atoms with E-state index in [4.69, 9.17) is 14.6 Å². The van der Waals surface area contributed by atoms with Crippen molar-refractivity contribution in [1.82, 2.24) is 5.32 Å². The summed E-state index contributed by atoms with van der Waals surface area (Å²) in [4.78, 5) is 11.0. The molecule has 94 valence electrons. The van der Waals surface area contributed by atoms with Gasteiger partial charge in [0.2, 0.25) is 5.91 Å². The monoisotopic (exact) mass is 233 g/mol. The standard InChI is InChI=1S/C10H19NO5/c1-5-8(11-6(2)13)9(14)10(15-3)7(4-12)16-5/h5,7-10,12,14H,4H2,1-3H3,(H,11,13). The van der Waals surface area contributed by atoms with Crippen LogP contribution in [0.1, 0.15) is 13.8 Å². The maximum absolute atomic E-state index is 11.0. The van der Waals surface area contributed by atoms with Gasteiger partial charge in [0.25, 0.3) is 0 Å². The molecule has 0 spiro atoms. The number of carbonyl (C=O) groups excluding carboxylic acids is 1. The fourth-order valence-electron chi connectivity index (χ4n) is 2.02. The van der Waals surface area contributed by atoms with Crippen molar-refractivity contribution in [2.75, 3.05) is 13.7 Å². The van der Waals surface area contributed by atoms with E-state index in [1.807, 2.05) is 0 Å². The van der Waals surface area contributed by atoms with Crippen molar-refractivity contribution in [3.63, 3.8) is 0 Å². The van der Waals surface area contributed by atoms with Crippen molar-refractivity contribution in [2.45, 2.75) is 44.3 Å². The van der Waals surface area contributed by atoms with Crippen LogP contribution < -0.4 is 5.32 Å². The summed E-state index contributed by atoms with van der Waals surface area (Å²) >= 11 is 0. The number of ether oxygens (including phenoxy) is 2. The Morgan fingerprint density at radius 1 is 1.56 bits per heavy atom. The zero-order chi connectivity index (χ0) is 12.3. The molecule has 1 amide bonds. The molecule has 5 atom stereocenters. The van der Waals surface area contributed by atoms with Gasteiger partial charge in [-0.1, -0.05) is 0 Å². The highest BCUT2D eigenvalue weighted by molar-refractivity contribution is 5.73. The van der Waals surface area contributed by atoms with E-state index >= 15 is 0 Å². The predicted octanol–water partition coefficient (Wildman–Crippen LogP) is -1.35.